The summed E-state index contributed by atoms with van der Waals surface area (Å²) in [5.41, 5.74) is 1.82. The Bertz CT molecular complexity index is 947. The van der Waals surface area contributed by atoms with E-state index in [0.29, 0.717) is 37.9 Å². The van der Waals surface area contributed by atoms with Crippen LogP contribution in [0, 0.1) is 0 Å². The standard InChI is InChI=1S/C24H24O4/c1-27-24(26)10-6-5-9-23(25)21-12-11-20-16-22(14-13-19(20)15-21)28-17-18-7-3-2-4-8-18/h2-4,7-8,11-16H,5-6,9-10,17H2,1H3. The molecule has 0 saturated carbocycles. The second-order valence-corrected chi connectivity index (χ2v) is 6.70. The fraction of sp³-hybridized carbons (Fsp3) is 0.250. The van der Waals surface area contributed by atoms with E-state index in [4.69, 9.17) is 4.74 Å². The second kappa shape index (κ2) is 9.70. The fourth-order valence-corrected chi connectivity index (χ4v) is 3.03. The summed E-state index contributed by atoms with van der Waals surface area (Å²) in [6.07, 6.45) is 2.13. The molecule has 28 heavy (non-hydrogen) atoms. The van der Waals surface area contributed by atoms with Gasteiger partial charge in [-0.3, -0.25) is 9.59 Å². The van der Waals surface area contributed by atoms with Crippen LogP contribution in [0.3, 0.4) is 0 Å². The van der Waals surface area contributed by atoms with Crippen molar-refractivity contribution in [3.8, 4) is 5.75 Å². The topological polar surface area (TPSA) is 52.6 Å². The number of hydrogen-bond donors (Lipinski definition) is 0. The largest absolute Gasteiger partial charge is 0.489 e. The van der Waals surface area contributed by atoms with Crippen LogP contribution in [-0.2, 0) is 16.1 Å². The third-order valence-electron chi connectivity index (χ3n) is 4.64. The molecular weight excluding hydrogens is 352 g/mol. The molecule has 0 aromatic heterocycles. The van der Waals surface area contributed by atoms with Gasteiger partial charge >= 0.3 is 5.97 Å². The number of benzene rings is 3. The normalized spacial score (nSPS) is 10.6. The molecule has 0 aliphatic carbocycles. The molecule has 3 rings (SSSR count). The molecule has 0 amide bonds. The molecule has 4 heteroatoms. The highest BCUT2D eigenvalue weighted by Crippen LogP contribution is 2.23. The van der Waals surface area contributed by atoms with Crippen molar-refractivity contribution in [2.24, 2.45) is 0 Å². The molecule has 0 heterocycles. The zero-order chi connectivity index (χ0) is 19.8. The maximum atomic E-state index is 12.4. The van der Waals surface area contributed by atoms with Crippen molar-refractivity contribution in [2.75, 3.05) is 7.11 Å². The number of hydrogen-bond acceptors (Lipinski definition) is 4. The first-order chi connectivity index (χ1) is 13.7. The van der Waals surface area contributed by atoms with Gasteiger partial charge in [0.2, 0.25) is 0 Å². The summed E-state index contributed by atoms with van der Waals surface area (Å²) in [6.45, 7) is 0.522. The number of esters is 1. The lowest BCUT2D eigenvalue weighted by Gasteiger charge is -2.08. The number of unbranched alkanes of at least 4 members (excludes halogenated alkanes) is 1. The Morgan fingerprint density at radius 1 is 0.821 bits per heavy atom. The summed E-state index contributed by atoms with van der Waals surface area (Å²) < 4.78 is 10.5. The number of carbonyl (C=O) groups excluding carboxylic acids is 2. The molecule has 4 nitrogen and oxygen atoms in total. The maximum absolute atomic E-state index is 12.4. The molecular formula is C24H24O4. The Balaban J connectivity index is 1.59. The van der Waals surface area contributed by atoms with Crippen LogP contribution in [-0.4, -0.2) is 18.9 Å². The third kappa shape index (κ3) is 5.43. The van der Waals surface area contributed by atoms with Gasteiger partial charge in [-0.15, -0.1) is 0 Å². The van der Waals surface area contributed by atoms with Crippen molar-refractivity contribution in [3.63, 3.8) is 0 Å². The van der Waals surface area contributed by atoms with E-state index in [-0.39, 0.29) is 11.8 Å². The highest BCUT2D eigenvalue weighted by Gasteiger charge is 2.08. The molecule has 144 valence electrons. The lowest BCUT2D eigenvalue weighted by Crippen LogP contribution is -2.02. The molecule has 0 N–H and O–H groups in total. The van der Waals surface area contributed by atoms with Crippen LogP contribution >= 0.6 is 0 Å². The summed E-state index contributed by atoms with van der Waals surface area (Å²) in [4.78, 5) is 23.5. The first-order valence-electron chi connectivity index (χ1n) is 9.46. The summed E-state index contributed by atoms with van der Waals surface area (Å²) in [5.74, 6) is 0.665. The molecule has 0 unspecified atom stereocenters. The number of rotatable bonds is 9. The average Bonchev–Trinajstić information content (AvgIpc) is 2.75. The van der Waals surface area contributed by atoms with E-state index in [1.54, 1.807) is 0 Å². The summed E-state index contributed by atoms with van der Waals surface area (Å²) in [5, 5.41) is 2.04. The Morgan fingerprint density at radius 2 is 1.54 bits per heavy atom. The summed E-state index contributed by atoms with van der Waals surface area (Å²) >= 11 is 0. The van der Waals surface area contributed by atoms with E-state index in [2.05, 4.69) is 4.74 Å². The molecule has 0 radical (unpaired) electrons. The molecule has 0 spiro atoms. The SMILES string of the molecule is COC(=O)CCCCC(=O)c1ccc2cc(OCc3ccccc3)ccc2c1. The van der Waals surface area contributed by atoms with E-state index >= 15 is 0 Å². The molecule has 3 aromatic rings. The molecule has 3 aromatic carbocycles. The van der Waals surface area contributed by atoms with Gasteiger partial charge in [0.05, 0.1) is 7.11 Å². The monoisotopic (exact) mass is 376 g/mol. The van der Waals surface area contributed by atoms with Crippen molar-refractivity contribution in [3.05, 3.63) is 77.9 Å². The predicted molar refractivity (Wildman–Crippen MR) is 110 cm³/mol. The molecule has 0 atom stereocenters. The lowest BCUT2D eigenvalue weighted by molar-refractivity contribution is -0.140. The Kier molecular flexibility index (Phi) is 6.79. The van der Waals surface area contributed by atoms with Gasteiger partial charge in [-0.1, -0.05) is 48.5 Å². The summed E-state index contributed by atoms with van der Waals surface area (Å²) in [6, 6.07) is 21.6. The number of Topliss-reactive ketones (excluding diaryl/α,β-unsaturated/α-hetero) is 1. The van der Waals surface area contributed by atoms with Gasteiger partial charge in [0.15, 0.2) is 5.78 Å². The van der Waals surface area contributed by atoms with E-state index < -0.39 is 0 Å². The van der Waals surface area contributed by atoms with E-state index in [0.717, 1.165) is 22.1 Å². The van der Waals surface area contributed by atoms with Gasteiger partial charge in [-0.05, 0) is 47.4 Å². The number of fused-ring (bicyclic) bond motifs is 1. The number of ketones is 1. The van der Waals surface area contributed by atoms with Crippen molar-refractivity contribution in [2.45, 2.75) is 32.3 Å². The van der Waals surface area contributed by atoms with Crippen molar-refractivity contribution >= 4 is 22.5 Å². The number of ether oxygens (including phenoxy) is 2. The van der Waals surface area contributed by atoms with Crippen LogP contribution in [0.1, 0.15) is 41.6 Å². The van der Waals surface area contributed by atoms with Crippen LogP contribution in [0.25, 0.3) is 10.8 Å². The first kappa shape index (κ1) is 19.6. The second-order valence-electron chi connectivity index (χ2n) is 6.70. The highest BCUT2D eigenvalue weighted by molar-refractivity contribution is 6.00. The van der Waals surface area contributed by atoms with Gasteiger partial charge in [-0.2, -0.15) is 0 Å². The Labute approximate surface area is 165 Å². The molecule has 0 aliphatic rings. The quantitative estimate of drug-likeness (QED) is 0.288. The van der Waals surface area contributed by atoms with Gasteiger partial charge < -0.3 is 9.47 Å². The van der Waals surface area contributed by atoms with Crippen LogP contribution in [0.4, 0.5) is 0 Å². The van der Waals surface area contributed by atoms with Gasteiger partial charge in [0.25, 0.3) is 0 Å². The van der Waals surface area contributed by atoms with Gasteiger partial charge in [0.1, 0.15) is 12.4 Å². The lowest BCUT2D eigenvalue weighted by atomic mass is 10.0. The smallest absolute Gasteiger partial charge is 0.305 e. The zero-order valence-electron chi connectivity index (χ0n) is 16.0. The van der Waals surface area contributed by atoms with E-state index in [9.17, 15) is 9.59 Å². The Morgan fingerprint density at radius 3 is 2.32 bits per heavy atom. The van der Waals surface area contributed by atoms with Gasteiger partial charge in [-0.25, -0.2) is 0 Å². The highest BCUT2D eigenvalue weighted by atomic mass is 16.5. The third-order valence-corrected chi connectivity index (χ3v) is 4.64. The molecule has 0 fully saturated rings. The van der Waals surface area contributed by atoms with Crippen molar-refractivity contribution in [1.29, 1.82) is 0 Å². The van der Waals surface area contributed by atoms with Crippen molar-refractivity contribution < 1.29 is 19.1 Å². The minimum absolute atomic E-state index is 0.0937. The minimum Gasteiger partial charge on any atom is -0.489 e. The predicted octanol–water partition coefficient (Wildman–Crippen LogP) is 5.33. The van der Waals surface area contributed by atoms with E-state index in [1.807, 2.05) is 66.7 Å². The molecule has 0 bridgehead atoms. The van der Waals surface area contributed by atoms with Crippen molar-refractivity contribution in [1.82, 2.24) is 0 Å². The average molecular weight is 376 g/mol. The molecule has 0 aliphatic heterocycles. The van der Waals surface area contributed by atoms with E-state index in [1.165, 1.54) is 7.11 Å². The number of carbonyl (C=O) groups is 2. The Hall–Kier alpha value is -3.14. The number of methoxy groups -OCH3 is 1. The summed E-state index contributed by atoms with van der Waals surface area (Å²) in [7, 11) is 1.38. The minimum atomic E-state index is -0.233. The van der Waals surface area contributed by atoms with Crippen LogP contribution in [0.5, 0.6) is 5.75 Å². The van der Waals surface area contributed by atoms with Crippen LogP contribution < -0.4 is 4.74 Å². The van der Waals surface area contributed by atoms with Gasteiger partial charge in [0, 0.05) is 18.4 Å². The van der Waals surface area contributed by atoms with Crippen LogP contribution in [0.2, 0.25) is 0 Å². The first-order valence-corrected chi connectivity index (χ1v) is 9.46. The maximum Gasteiger partial charge on any atom is 0.305 e. The molecule has 0 saturated heterocycles. The van der Waals surface area contributed by atoms with Crippen LogP contribution in [0.15, 0.2) is 66.7 Å². The zero-order valence-corrected chi connectivity index (χ0v) is 16.0. The fourth-order valence-electron chi connectivity index (χ4n) is 3.03.